The minimum absolute atomic E-state index is 1.11. The molecular formula is C6H10N+. The summed E-state index contributed by atoms with van der Waals surface area (Å²) in [7, 11) is 2.07. The van der Waals surface area contributed by atoms with Crippen LogP contribution in [-0.4, -0.2) is 17.8 Å². The summed E-state index contributed by atoms with van der Waals surface area (Å²) in [5, 5.41) is 0. The second-order valence-corrected chi connectivity index (χ2v) is 1.87. The van der Waals surface area contributed by atoms with Gasteiger partial charge in [0.15, 0.2) is 5.70 Å². The molecule has 0 saturated carbocycles. The van der Waals surface area contributed by atoms with Crippen LogP contribution < -0.4 is 0 Å². The van der Waals surface area contributed by atoms with Crippen molar-refractivity contribution < 1.29 is 4.58 Å². The van der Waals surface area contributed by atoms with Crippen molar-refractivity contribution in [1.29, 1.82) is 0 Å². The van der Waals surface area contributed by atoms with Crippen LogP contribution >= 0.6 is 0 Å². The van der Waals surface area contributed by atoms with E-state index in [1.165, 1.54) is 5.70 Å². The fraction of sp³-hybridized carbons (Fsp3) is 0.500. The van der Waals surface area contributed by atoms with Crippen LogP contribution in [0.15, 0.2) is 11.8 Å². The molecule has 0 aromatic heterocycles. The standard InChI is InChI=1S/C6H10N/c1-6-4-3-5-7(6)2/h4-5H,3H2,1-2H3/q+1. The van der Waals surface area contributed by atoms with Crippen LogP contribution in [0, 0.1) is 0 Å². The third-order valence-electron chi connectivity index (χ3n) is 1.35. The Hall–Kier alpha value is -0.590. The summed E-state index contributed by atoms with van der Waals surface area (Å²) in [4.78, 5) is 0. The van der Waals surface area contributed by atoms with Crippen molar-refractivity contribution in [3.63, 3.8) is 0 Å². The Labute approximate surface area is 44.0 Å². The molecule has 0 atom stereocenters. The molecule has 0 spiro atoms. The Morgan fingerprint density at radius 1 is 1.71 bits per heavy atom. The molecule has 1 rings (SSSR count). The smallest absolute Gasteiger partial charge is 0.174 e. The molecular weight excluding hydrogens is 86.1 g/mol. The predicted octanol–water partition coefficient (Wildman–Crippen LogP) is 1.01. The highest BCUT2D eigenvalue weighted by molar-refractivity contribution is 5.56. The quantitative estimate of drug-likeness (QED) is 0.396. The van der Waals surface area contributed by atoms with Gasteiger partial charge in [-0.1, -0.05) is 0 Å². The summed E-state index contributed by atoms with van der Waals surface area (Å²) in [6.07, 6.45) is 5.48. The van der Waals surface area contributed by atoms with E-state index in [-0.39, 0.29) is 0 Å². The van der Waals surface area contributed by atoms with Gasteiger partial charge >= 0.3 is 0 Å². The first-order chi connectivity index (χ1) is 3.30. The van der Waals surface area contributed by atoms with Crippen LogP contribution in [0.3, 0.4) is 0 Å². The summed E-state index contributed by atoms with van der Waals surface area (Å²) in [6, 6.07) is 0. The molecule has 0 bridgehead atoms. The third kappa shape index (κ3) is 0.710. The molecule has 38 valence electrons. The summed E-state index contributed by atoms with van der Waals surface area (Å²) in [6.45, 7) is 2.11. The Morgan fingerprint density at radius 3 is 2.57 bits per heavy atom. The van der Waals surface area contributed by atoms with Gasteiger partial charge in [0.05, 0.1) is 0 Å². The molecule has 1 heteroatoms. The monoisotopic (exact) mass is 96.1 g/mol. The van der Waals surface area contributed by atoms with Crippen LogP contribution in [0.25, 0.3) is 0 Å². The van der Waals surface area contributed by atoms with Gasteiger partial charge in [-0.3, -0.25) is 0 Å². The molecule has 1 heterocycles. The van der Waals surface area contributed by atoms with Crippen LogP contribution in [0.2, 0.25) is 0 Å². The number of hydrogen-bond donors (Lipinski definition) is 0. The Morgan fingerprint density at radius 2 is 2.43 bits per heavy atom. The van der Waals surface area contributed by atoms with Crippen molar-refractivity contribution in [2.45, 2.75) is 13.3 Å². The molecule has 0 aromatic rings. The fourth-order valence-corrected chi connectivity index (χ4v) is 0.669. The van der Waals surface area contributed by atoms with Crippen molar-refractivity contribution in [2.24, 2.45) is 0 Å². The minimum atomic E-state index is 1.11. The van der Waals surface area contributed by atoms with Crippen LogP contribution in [-0.2, 0) is 0 Å². The lowest BCUT2D eigenvalue weighted by molar-refractivity contribution is -0.434. The second kappa shape index (κ2) is 1.49. The summed E-state index contributed by atoms with van der Waals surface area (Å²) < 4.78 is 2.14. The van der Waals surface area contributed by atoms with Gasteiger partial charge in [0, 0.05) is 13.3 Å². The maximum Gasteiger partial charge on any atom is 0.174 e. The Kier molecular flexibility index (Phi) is 0.970. The van der Waals surface area contributed by atoms with E-state index >= 15 is 0 Å². The fourth-order valence-electron chi connectivity index (χ4n) is 0.669. The highest BCUT2D eigenvalue weighted by atomic mass is 15.0. The molecule has 1 nitrogen and oxygen atoms in total. The average molecular weight is 96.2 g/mol. The van der Waals surface area contributed by atoms with Crippen molar-refractivity contribution in [3.05, 3.63) is 11.8 Å². The van der Waals surface area contributed by atoms with Gasteiger partial charge in [-0.05, 0) is 6.08 Å². The van der Waals surface area contributed by atoms with Crippen molar-refractivity contribution in [1.82, 2.24) is 0 Å². The first-order valence-electron chi connectivity index (χ1n) is 2.53. The predicted molar refractivity (Wildman–Crippen MR) is 30.6 cm³/mol. The van der Waals surface area contributed by atoms with Gasteiger partial charge in [0.25, 0.3) is 0 Å². The highest BCUT2D eigenvalue weighted by Crippen LogP contribution is 1.99. The lowest BCUT2D eigenvalue weighted by Gasteiger charge is -1.82. The molecule has 0 unspecified atom stereocenters. The number of rotatable bonds is 0. The summed E-state index contributed by atoms with van der Waals surface area (Å²) >= 11 is 0. The van der Waals surface area contributed by atoms with E-state index in [0.717, 1.165) is 6.42 Å². The van der Waals surface area contributed by atoms with Crippen molar-refractivity contribution in [3.8, 4) is 0 Å². The topological polar surface area (TPSA) is 3.01 Å². The van der Waals surface area contributed by atoms with Gasteiger partial charge in [0.1, 0.15) is 13.3 Å². The molecule has 0 fully saturated rings. The first kappa shape index (κ1) is 4.57. The largest absolute Gasteiger partial charge is 0.209 e. The molecule has 0 aromatic carbocycles. The maximum atomic E-state index is 2.21. The van der Waals surface area contributed by atoms with E-state index in [2.05, 4.69) is 30.8 Å². The summed E-state index contributed by atoms with van der Waals surface area (Å²) in [5.41, 5.74) is 1.36. The zero-order chi connectivity index (χ0) is 5.28. The Balaban J connectivity index is 2.78. The SMILES string of the molecule is CC1=CCC=[N+]1C. The molecule has 7 heavy (non-hydrogen) atoms. The van der Waals surface area contributed by atoms with Gasteiger partial charge in [0.2, 0.25) is 0 Å². The molecule has 0 aliphatic carbocycles. The molecule has 0 saturated heterocycles. The van der Waals surface area contributed by atoms with Gasteiger partial charge in [-0.15, -0.1) is 0 Å². The van der Waals surface area contributed by atoms with Crippen LogP contribution in [0.1, 0.15) is 13.3 Å². The van der Waals surface area contributed by atoms with Crippen molar-refractivity contribution in [2.75, 3.05) is 7.05 Å². The molecule has 0 radical (unpaired) electrons. The van der Waals surface area contributed by atoms with Crippen LogP contribution in [0.5, 0.6) is 0 Å². The lowest BCUT2D eigenvalue weighted by Crippen LogP contribution is -1.96. The van der Waals surface area contributed by atoms with Crippen molar-refractivity contribution >= 4 is 6.21 Å². The third-order valence-corrected chi connectivity index (χ3v) is 1.35. The normalized spacial score (nSPS) is 19.1. The highest BCUT2D eigenvalue weighted by Gasteiger charge is 2.04. The lowest BCUT2D eigenvalue weighted by atomic mass is 10.4. The Bertz CT molecular complexity index is 115. The van der Waals surface area contributed by atoms with E-state index in [1.807, 2.05) is 0 Å². The molecule has 0 amide bonds. The van der Waals surface area contributed by atoms with E-state index in [1.54, 1.807) is 0 Å². The first-order valence-corrected chi connectivity index (χ1v) is 2.53. The zero-order valence-electron chi connectivity index (χ0n) is 4.81. The zero-order valence-corrected chi connectivity index (χ0v) is 4.81. The molecule has 1 aliphatic heterocycles. The maximum absolute atomic E-state index is 2.21. The van der Waals surface area contributed by atoms with Gasteiger partial charge < -0.3 is 0 Å². The van der Waals surface area contributed by atoms with Crippen LogP contribution in [0.4, 0.5) is 0 Å². The number of hydrogen-bond acceptors (Lipinski definition) is 0. The van der Waals surface area contributed by atoms with E-state index in [0.29, 0.717) is 0 Å². The average Bonchev–Trinajstić information content (AvgIpc) is 1.91. The number of allylic oxidation sites excluding steroid dienone is 2. The van der Waals surface area contributed by atoms with E-state index in [4.69, 9.17) is 0 Å². The van der Waals surface area contributed by atoms with Gasteiger partial charge in [-0.2, -0.15) is 0 Å². The minimum Gasteiger partial charge on any atom is -0.209 e. The van der Waals surface area contributed by atoms with E-state index in [9.17, 15) is 0 Å². The van der Waals surface area contributed by atoms with Gasteiger partial charge in [-0.25, -0.2) is 4.58 Å². The molecule has 1 aliphatic rings. The summed E-state index contributed by atoms with van der Waals surface area (Å²) in [5.74, 6) is 0. The number of nitrogens with zero attached hydrogens (tertiary/aromatic N) is 1. The second-order valence-electron chi connectivity index (χ2n) is 1.87. The molecule has 0 N–H and O–H groups in total. The van der Waals surface area contributed by atoms with E-state index < -0.39 is 0 Å².